The molecule has 0 atom stereocenters. The predicted octanol–water partition coefficient (Wildman–Crippen LogP) is 3.37. The molecule has 0 heterocycles. The molecule has 0 aliphatic heterocycles. The molecule has 2 rings (SSSR count). The molecule has 0 bridgehead atoms. The third-order valence-electron chi connectivity index (χ3n) is 1.70. The molecule has 0 saturated carbocycles. The number of rotatable bonds is 1. The fourth-order valence-corrected chi connectivity index (χ4v) is 0.970. The number of hydrogen-bond donors (Lipinski definition) is 0. The van der Waals surface area contributed by atoms with Crippen LogP contribution in [0.1, 0.15) is 12.5 Å². The zero-order chi connectivity index (χ0) is 8.65. The summed E-state index contributed by atoms with van der Waals surface area (Å²) >= 11 is 0. The van der Waals surface area contributed by atoms with Crippen molar-refractivity contribution in [1.82, 2.24) is 0 Å². The first-order valence-electron chi connectivity index (χ1n) is 4.30. The minimum Gasteiger partial charge on any atom is -0.214 e. The van der Waals surface area contributed by atoms with Crippen LogP contribution in [0.2, 0.25) is 0 Å². The molecule has 0 aliphatic rings. The molecule has 2 aromatic rings. The Labute approximate surface area is 91.1 Å². The smallest absolute Gasteiger partial charge is 0.214 e. The van der Waals surface area contributed by atoms with Gasteiger partial charge in [0.25, 0.3) is 0 Å². The first-order chi connectivity index (χ1) is 5.93. The van der Waals surface area contributed by atoms with Gasteiger partial charge in [-0.3, -0.25) is 0 Å². The van der Waals surface area contributed by atoms with E-state index in [0.717, 1.165) is 6.42 Å². The summed E-state index contributed by atoms with van der Waals surface area (Å²) in [6.07, 6.45) is 1.16. The zero-order valence-electron chi connectivity index (χ0n) is 7.81. The van der Waals surface area contributed by atoms with E-state index in [1.165, 1.54) is 5.56 Å². The normalized spacial score (nSPS) is 8.08. The second kappa shape index (κ2) is 7.86. The average molecular weight is 210 g/mol. The Balaban J connectivity index is 0.000000215. The van der Waals surface area contributed by atoms with Crippen LogP contribution >= 0.6 is 0 Å². The van der Waals surface area contributed by atoms with E-state index in [9.17, 15) is 0 Å². The van der Waals surface area contributed by atoms with Crippen LogP contribution in [0.5, 0.6) is 0 Å². The van der Waals surface area contributed by atoms with E-state index < -0.39 is 0 Å². The number of aryl methyl sites for hydroxylation is 1. The van der Waals surface area contributed by atoms with Gasteiger partial charge in [-0.25, -0.2) is 24.3 Å². The van der Waals surface area contributed by atoms with Crippen LogP contribution in [-0.2, 0) is 23.8 Å². The van der Waals surface area contributed by atoms with Gasteiger partial charge < -0.3 is 0 Å². The monoisotopic (exact) mass is 210 g/mol. The maximum atomic E-state index is 2.16. The minimum atomic E-state index is 0. The summed E-state index contributed by atoms with van der Waals surface area (Å²) in [4.78, 5) is 0. The van der Waals surface area contributed by atoms with Gasteiger partial charge in [0.1, 0.15) is 0 Å². The molecule has 0 amide bonds. The van der Waals surface area contributed by atoms with E-state index in [0.29, 0.717) is 0 Å². The molecule has 2 aromatic carbocycles. The van der Waals surface area contributed by atoms with Crippen LogP contribution in [0.25, 0.3) is 0 Å². The largest absolute Gasteiger partial charge is 2.00 e. The van der Waals surface area contributed by atoms with Crippen LogP contribution in [0.15, 0.2) is 54.6 Å². The van der Waals surface area contributed by atoms with Crippen LogP contribution in [0, 0.1) is 0 Å². The van der Waals surface area contributed by atoms with Gasteiger partial charge in [-0.2, -0.15) is 35.9 Å². The topological polar surface area (TPSA) is 0 Å². The van der Waals surface area contributed by atoms with Crippen molar-refractivity contribution in [3.8, 4) is 0 Å². The first-order valence-corrected chi connectivity index (χ1v) is 4.30. The van der Waals surface area contributed by atoms with Gasteiger partial charge in [0, 0.05) is 0 Å². The van der Waals surface area contributed by atoms with Crippen molar-refractivity contribution >= 4 is 0 Å². The summed E-state index contributed by atoms with van der Waals surface area (Å²) in [5, 5.41) is 0. The van der Waals surface area contributed by atoms with Gasteiger partial charge in [-0.05, 0) is 0 Å². The molecular formula is C12H14Cr. The van der Waals surface area contributed by atoms with E-state index in [1.807, 2.05) is 30.3 Å². The molecule has 0 fully saturated rings. The SMILES string of the molecule is CC[c-]1cccc1.[Cr+2].c1cc[cH-]c1. The molecule has 13 heavy (non-hydrogen) atoms. The van der Waals surface area contributed by atoms with E-state index in [-0.39, 0.29) is 17.4 Å². The van der Waals surface area contributed by atoms with Crippen LogP contribution < -0.4 is 0 Å². The summed E-state index contributed by atoms with van der Waals surface area (Å²) in [5.41, 5.74) is 1.43. The molecule has 0 aliphatic carbocycles. The van der Waals surface area contributed by atoms with Crippen molar-refractivity contribution in [2.75, 3.05) is 0 Å². The van der Waals surface area contributed by atoms with E-state index in [1.54, 1.807) is 0 Å². The molecule has 0 saturated heterocycles. The van der Waals surface area contributed by atoms with Crippen LogP contribution in [-0.4, -0.2) is 0 Å². The standard InChI is InChI=1S/C7H9.C5H5.Cr/c1-2-7-5-3-4-6-7;1-2-4-5-3-1;/h3-6H,2H2,1H3;1-5H;/q2*-1;+2. The Kier molecular flexibility index (Phi) is 7.40. The third kappa shape index (κ3) is 5.47. The maximum absolute atomic E-state index is 2.16. The molecule has 0 unspecified atom stereocenters. The van der Waals surface area contributed by atoms with Crippen LogP contribution in [0.3, 0.4) is 0 Å². The van der Waals surface area contributed by atoms with Gasteiger partial charge in [0.15, 0.2) is 0 Å². The summed E-state index contributed by atoms with van der Waals surface area (Å²) in [7, 11) is 0. The van der Waals surface area contributed by atoms with E-state index in [2.05, 4.69) is 31.2 Å². The number of hydrogen-bond acceptors (Lipinski definition) is 0. The quantitative estimate of drug-likeness (QED) is 0.633. The van der Waals surface area contributed by atoms with Crippen molar-refractivity contribution in [2.45, 2.75) is 13.3 Å². The van der Waals surface area contributed by atoms with Crippen molar-refractivity contribution < 1.29 is 17.4 Å². The second-order valence-electron chi connectivity index (χ2n) is 2.61. The molecule has 0 radical (unpaired) electrons. The fraction of sp³-hybridized carbons (Fsp3) is 0.167. The molecule has 0 nitrogen and oxygen atoms in total. The molecule has 0 aromatic heterocycles. The van der Waals surface area contributed by atoms with E-state index in [4.69, 9.17) is 0 Å². The van der Waals surface area contributed by atoms with Gasteiger partial charge >= 0.3 is 17.4 Å². The molecule has 1 heteroatoms. The van der Waals surface area contributed by atoms with Crippen LogP contribution in [0.4, 0.5) is 0 Å². The molecule has 0 N–H and O–H groups in total. The van der Waals surface area contributed by atoms with E-state index >= 15 is 0 Å². The Bertz CT molecular complexity index is 236. The van der Waals surface area contributed by atoms with Crippen molar-refractivity contribution in [3.63, 3.8) is 0 Å². The fourth-order valence-electron chi connectivity index (χ4n) is 0.970. The van der Waals surface area contributed by atoms with Crippen molar-refractivity contribution in [2.24, 2.45) is 0 Å². The summed E-state index contributed by atoms with van der Waals surface area (Å²) in [5.74, 6) is 0. The molecular weight excluding hydrogens is 196 g/mol. The average Bonchev–Trinajstić information content (AvgIpc) is 2.81. The van der Waals surface area contributed by atoms with Gasteiger partial charge in [-0.1, -0.05) is 13.3 Å². The van der Waals surface area contributed by atoms with Crippen molar-refractivity contribution in [1.29, 1.82) is 0 Å². The Morgan fingerprint density at radius 3 is 1.77 bits per heavy atom. The second-order valence-corrected chi connectivity index (χ2v) is 2.61. The zero-order valence-corrected chi connectivity index (χ0v) is 9.09. The summed E-state index contributed by atoms with van der Waals surface area (Å²) in [6.45, 7) is 2.16. The first kappa shape index (κ1) is 12.2. The Morgan fingerprint density at radius 2 is 1.54 bits per heavy atom. The molecule has 0 spiro atoms. The summed E-state index contributed by atoms with van der Waals surface area (Å²) < 4.78 is 0. The molecule has 68 valence electrons. The van der Waals surface area contributed by atoms with Crippen molar-refractivity contribution in [3.05, 3.63) is 60.2 Å². The van der Waals surface area contributed by atoms with Gasteiger partial charge in [-0.15, -0.1) is 0 Å². The van der Waals surface area contributed by atoms with Gasteiger partial charge in [0.2, 0.25) is 0 Å². The Hall–Kier alpha value is -0.768. The summed E-state index contributed by atoms with van der Waals surface area (Å²) in [6, 6.07) is 18.4. The predicted molar refractivity (Wildman–Crippen MR) is 53.4 cm³/mol. The minimum absolute atomic E-state index is 0. The third-order valence-corrected chi connectivity index (χ3v) is 1.70. The van der Waals surface area contributed by atoms with Gasteiger partial charge in [0.05, 0.1) is 0 Å². The maximum Gasteiger partial charge on any atom is 2.00 e. The Morgan fingerprint density at radius 1 is 1.00 bits per heavy atom.